The number of thiocyanates is 1. The van der Waals surface area contributed by atoms with Crippen molar-refractivity contribution in [3.05, 3.63) is 29.3 Å². The van der Waals surface area contributed by atoms with Gasteiger partial charge in [0.05, 0.1) is 7.11 Å². The molecular weight excluding hydrogens is 218 g/mol. The van der Waals surface area contributed by atoms with Crippen LogP contribution in [-0.4, -0.2) is 12.9 Å². The molecule has 86 valence electrons. The van der Waals surface area contributed by atoms with Crippen LogP contribution >= 0.6 is 11.8 Å². The summed E-state index contributed by atoms with van der Waals surface area (Å²) in [4.78, 5) is 0. The maximum Gasteiger partial charge on any atom is 0.133 e. The highest BCUT2D eigenvalue weighted by Gasteiger charge is 2.08. The molecule has 0 saturated heterocycles. The number of hydrogen-bond acceptors (Lipinski definition) is 3. The predicted octanol–water partition coefficient (Wildman–Crippen LogP) is 3.40. The molecular formula is C13H17NOS. The van der Waals surface area contributed by atoms with Gasteiger partial charge in [-0.2, -0.15) is 5.26 Å². The molecule has 0 heterocycles. The Labute approximate surface area is 102 Å². The van der Waals surface area contributed by atoms with E-state index in [-0.39, 0.29) is 0 Å². The van der Waals surface area contributed by atoms with Gasteiger partial charge in [-0.05, 0) is 42.7 Å². The van der Waals surface area contributed by atoms with Crippen LogP contribution < -0.4 is 4.74 Å². The number of ether oxygens (including phenoxy) is 1. The molecule has 0 spiro atoms. The van der Waals surface area contributed by atoms with E-state index in [9.17, 15) is 0 Å². The predicted molar refractivity (Wildman–Crippen MR) is 68.7 cm³/mol. The largest absolute Gasteiger partial charge is 0.496 e. The Morgan fingerprint density at radius 1 is 1.50 bits per heavy atom. The van der Waals surface area contributed by atoms with Gasteiger partial charge in [-0.15, -0.1) is 0 Å². The molecule has 3 heteroatoms. The molecule has 0 saturated carbocycles. The van der Waals surface area contributed by atoms with Gasteiger partial charge in [-0.25, -0.2) is 0 Å². The molecule has 0 N–H and O–H groups in total. The Balaban J connectivity index is 2.71. The highest BCUT2D eigenvalue weighted by Crippen LogP contribution is 2.23. The Morgan fingerprint density at radius 2 is 2.25 bits per heavy atom. The summed E-state index contributed by atoms with van der Waals surface area (Å²) >= 11 is 1.32. The van der Waals surface area contributed by atoms with Crippen LogP contribution in [0, 0.1) is 23.5 Å². The summed E-state index contributed by atoms with van der Waals surface area (Å²) in [6.07, 6.45) is 0.958. The Morgan fingerprint density at radius 3 is 2.88 bits per heavy atom. The minimum absolute atomic E-state index is 0.486. The van der Waals surface area contributed by atoms with Crippen molar-refractivity contribution in [2.75, 3.05) is 12.9 Å². The van der Waals surface area contributed by atoms with Crippen LogP contribution in [0.1, 0.15) is 18.1 Å². The molecule has 1 unspecified atom stereocenters. The molecule has 0 fully saturated rings. The van der Waals surface area contributed by atoms with Gasteiger partial charge in [0.2, 0.25) is 0 Å². The highest BCUT2D eigenvalue weighted by molar-refractivity contribution is 8.03. The number of aryl methyl sites for hydroxylation is 1. The molecule has 1 aromatic carbocycles. The van der Waals surface area contributed by atoms with Gasteiger partial charge in [-0.1, -0.05) is 24.6 Å². The van der Waals surface area contributed by atoms with Crippen LogP contribution in [0.3, 0.4) is 0 Å². The van der Waals surface area contributed by atoms with Gasteiger partial charge in [-0.3, -0.25) is 0 Å². The van der Waals surface area contributed by atoms with Crippen LogP contribution in [0.4, 0.5) is 0 Å². The molecule has 16 heavy (non-hydrogen) atoms. The van der Waals surface area contributed by atoms with Crippen molar-refractivity contribution in [3.8, 4) is 11.2 Å². The third-order valence-corrected chi connectivity index (χ3v) is 3.30. The zero-order valence-corrected chi connectivity index (χ0v) is 10.8. The van der Waals surface area contributed by atoms with Gasteiger partial charge in [0, 0.05) is 5.75 Å². The first-order valence-electron chi connectivity index (χ1n) is 5.31. The summed E-state index contributed by atoms with van der Waals surface area (Å²) < 4.78 is 5.33. The number of nitriles is 1. The van der Waals surface area contributed by atoms with Crippen molar-refractivity contribution in [3.63, 3.8) is 0 Å². The number of hydrogen-bond donors (Lipinski definition) is 0. The Bertz CT molecular complexity index is 384. The van der Waals surface area contributed by atoms with E-state index in [1.807, 2.05) is 6.07 Å². The average molecular weight is 235 g/mol. The second-order valence-electron chi connectivity index (χ2n) is 4.03. The smallest absolute Gasteiger partial charge is 0.133 e. The molecule has 0 aliphatic carbocycles. The first kappa shape index (κ1) is 12.9. The second kappa shape index (κ2) is 6.44. The summed E-state index contributed by atoms with van der Waals surface area (Å²) in [6.45, 7) is 4.24. The van der Waals surface area contributed by atoms with Crippen LogP contribution in [0.5, 0.6) is 5.75 Å². The van der Waals surface area contributed by atoms with Gasteiger partial charge >= 0.3 is 0 Å². The van der Waals surface area contributed by atoms with Crippen molar-refractivity contribution in [2.24, 2.45) is 5.92 Å². The first-order chi connectivity index (χ1) is 7.67. The summed E-state index contributed by atoms with van der Waals surface area (Å²) in [7, 11) is 1.70. The summed E-state index contributed by atoms with van der Waals surface area (Å²) in [5.41, 5.74) is 2.48. The number of benzene rings is 1. The monoisotopic (exact) mass is 235 g/mol. The standard InChI is InChI=1S/C13H17NOS/c1-10-4-5-13(15-3)12(6-10)7-11(2)8-16-9-14/h4-6,11H,7-8H2,1-3H3. The van der Waals surface area contributed by atoms with E-state index in [0.29, 0.717) is 5.92 Å². The molecule has 0 amide bonds. The zero-order chi connectivity index (χ0) is 12.0. The number of methoxy groups -OCH3 is 1. The fourth-order valence-corrected chi connectivity index (χ4v) is 2.16. The van der Waals surface area contributed by atoms with E-state index in [0.717, 1.165) is 17.9 Å². The molecule has 0 radical (unpaired) electrons. The zero-order valence-electron chi connectivity index (χ0n) is 9.99. The molecule has 2 nitrogen and oxygen atoms in total. The fourth-order valence-electron chi connectivity index (χ4n) is 1.68. The van der Waals surface area contributed by atoms with Gasteiger partial charge in [0.15, 0.2) is 0 Å². The van der Waals surface area contributed by atoms with Crippen LogP contribution in [0.2, 0.25) is 0 Å². The van der Waals surface area contributed by atoms with Gasteiger partial charge in [0.1, 0.15) is 11.2 Å². The summed E-state index contributed by atoms with van der Waals surface area (Å²) in [5, 5.41) is 10.6. The van der Waals surface area contributed by atoms with E-state index in [1.165, 1.54) is 22.9 Å². The molecule has 0 bridgehead atoms. The third kappa shape index (κ3) is 3.79. The minimum atomic E-state index is 0.486. The maximum atomic E-state index is 8.51. The minimum Gasteiger partial charge on any atom is -0.496 e. The van der Waals surface area contributed by atoms with Crippen LogP contribution in [-0.2, 0) is 6.42 Å². The summed E-state index contributed by atoms with van der Waals surface area (Å²) in [6, 6.07) is 6.22. The lowest BCUT2D eigenvalue weighted by molar-refractivity contribution is 0.407. The highest BCUT2D eigenvalue weighted by atomic mass is 32.2. The molecule has 1 aromatic rings. The van der Waals surface area contributed by atoms with E-state index < -0.39 is 0 Å². The summed E-state index contributed by atoms with van der Waals surface area (Å²) in [5.74, 6) is 2.30. The lowest BCUT2D eigenvalue weighted by Gasteiger charge is -2.13. The number of thioether (sulfide) groups is 1. The Hall–Kier alpha value is -1.14. The topological polar surface area (TPSA) is 33.0 Å². The van der Waals surface area contributed by atoms with E-state index in [2.05, 4.69) is 31.4 Å². The van der Waals surface area contributed by atoms with E-state index in [1.54, 1.807) is 7.11 Å². The fraction of sp³-hybridized carbons (Fsp3) is 0.462. The first-order valence-corrected chi connectivity index (χ1v) is 6.30. The molecule has 0 aromatic heterocycles. The van der Waals surface area contributed by atoms with Crippen LogP contribution in [0.25, 0.3) is 0 Å². The van der Waals surface area contributed by atoms with Crippen molar-refractivity contribution < 1.29 is 4.74 Å². The quantitative estimate of drug-likeness (QED) is 0.733. The lowest BCUT2D eigenvalue weighted by Crippen LogP contribution is -2.04. The van der Waals surface area contributed by atoms with E-state index >= 15 is 0 Å². The van der Waals surface area contributed by atoms with Gasteiger partial charge < -0.3 is 4.74 Å². The molecule has 1 rings (SSSR count). The molecule has 0 aliphatic heterocycles. The van der Waals surface area contributed by atoms with Crippen molar-refractivity contribution in [2.45, 2.75) is 20.3 Å². The molecule has 0 aliphatic rings. The lowest BCUT2D eigenvalue weighted by atomic mass is 10.0. The number of nitrogens with zero attached hydrogens (tertiary/aromatic N) is 1. The SMILES string of the molecule is COc1ccc(C)cc1CC(C)CSC#N. The maximum absolute atomic E-state index is 8.51. The van der Waals surface area contributed by atoms with Gasteiger partial charge in [0.25, 0.3) is 0 Å². The van der Waals surface area contributed by atoms with Crippen molar-refractivity contribution >= 4 is 11.8 Å². The van der Waals surface area contributed by atoms with Crippen LogP contribution in [0.15, 0.2) is 18.2 Å². The normalized spacial score (nSPS) is 11.9. The van der Waals surface area contributed by atoms with E-state index in [4.69, 9.17) is 10.00 Å². The number of rotatable bonds is 5. The Kier molecular flexibility index (Phi) is 5.21. The second-order valence-corrected chi connectivity index (χ2v) is 4.83. The average Bonchev–Trinajstić information content (AvgIpc) is 2.27. The molecule has 1 atom stereocenters. The van der Waals surface area contributed by atoms with Crippen molar-refractivity contribution in [1.82, 2.24) is 0 Å². The third-order valence-electron chi connectivity index (χ3n) is 2.44. The van der Waals surface area contributed by atoms with Crippen molar-refractivity contribution in [1.29, 1.82) is 5.26 Å².